The van der Waals surface area contributed by atoms with Crippen molar-refractivity contribution in [1.29, 1.82) is 0 Å². The van der Waals surface area contributed by atoms with Crippen LogP contribution in [0.15, 0.2) is 17.3 Å². The van der Waals surface area contributed by atoms with E-state index in [0.29, 0.717) is 12.8 Å². The number of nitrogens with one attached hydrogen (secondary N) is 2. The summed E-state index contributed by atoms with van der Waals surface area (Å²) in [5.74, 6) is 3.74. The van der Waals surface area contributed by atoms with Crippen molar-refractivity contribution in [2.45, 2.75) is 25.8 Å². The molecular weight excluding hydrogens is 238 g/mol. The number of nitrogens with two attached hydrogens (primary N) is 2. The Balaban J connectivity index is 3.94. The summed E-state index contributed by atoms with van der Waals surface area (Å²) in [6, 6.07) is -0.105. The fraction of sp³-hybridized carbons (Fsp3) is 0.500. The van der Waals surface area contributed by atoms with Crippen LogP contribution in [0.1, 0.15) is 19.8 Å². The van der Waals surface area contributed by atoms with E-state index >= 15 is 0 Å². The first-order valence-corrected chi connectivity index (χ1v) is 5.35. The van der Waals surface area contributed by atoms with E-state index in [1.165, 1.54) is 13.2 Å². The first-order chi connectivity index (χ1) is 8.51. The zero-order valence-electron chi connectivity index (χ0n) is 10.5. The zero-order chi connectivity index (χ0) is 14.0. The van der Waals surface area contributed by atoms with Crippen molar-refractivity contribution in [3.05, 3.63) is 12.2 Å². The molecule has 8 nitrogen and oxygen atoms in total. The smallest absolute Gasteiger partial charge is 0.330 e. The third-order valence-electron chi connectivity index (χ3n) is 2.02. The van der Waals surface area contributed by atoms with Gasteiger partial charge in [-0.05, 0) is 19.8 Å². The van der Waals surface area contributed by atoms with Crippen LogP contribution in [0.25, 0.3) is 0 Å². The maximum Gasteiger partial charge on any atom is 0.330 e. The van der Waals surface area contributed by atoms with E-state index in [1.807, 2.05) is 12.5 Å². The summed E-state index contributed by atoms with van der Waals surface area (Å²) in [4.78, 5) is 22.1. The molecule has 0 rings (SSSR count). The highest BCUT2D eigenvalue weighted by molar-refractivity contribution is 6.37. The Morgan fingerprint density at radius 2 is 2.17 bits per heavy atom. The lowest BCUT2D eigenvalue weighted by Crippen LogP contribution is -2.42. The van der Waals surface area contributed by atoms with Gasteiger partial charge in [-0.15, -0.1) is 5.10 Å². The molecule has 0 aromatic carbocycles. The Morgan fingerprint density at radius 1 is 1.50 bits per heavy atom. The number of nitrogens with zero attached hydrogens (tertiary/aromatic N) is 1. The molecule has 0 aliphatic heterocycles. The number of hydrogen-bond acceptors (Lipinski definition) is 6. The topological polar surface area (TPSA) is 132 Å². The van der Waals surface area contributed by atoms with Gasteiger partial charge >= 0.3 is 5.97 Å². The monoisotopic (exact) mass is 257 g/mol. The van der Waals surface area contributed by atoms with Gasteiger partial charge in [0.1, 0.15) is 0 Å². The predicted molar refractivity (Wildman–Crippen MR) is 66.9 cm³/mol. The Kier molecular flexibility index (Phi) is 7.95. The highest BCUT2D eigenvalue weighted by Crippen LogP contribution is 1.98. The van der Waals surface area contributed by atoms with E-state index in [4.69, 9.17) is 11.6 Å². The molecular formula is C10H19N5O3. The molecule has 0 saturated carbocycles. The third kappa shape index (κ3) is 7.23. The molecule has 1 amide bonds. The Bertz CT molecular complexity index is 340. The maximum absolute atomic E-state index is 11.4. The molecule has 1 atom stereocenters. The van der Waals surface area contributed by atoms with Crippen molar-refractivity contribution < 1.29 is 14.3 Å². The van der Waals surface area contributed by atoms with E-state index in [0.717, 1.165) is 0 Å². The average molecular weight is 257 g/mol. The van der Waals surface area contributed by atoms with Gasteiger partial charge in [0.15, 0.2) is 0 Å². The summed E-state index contributed by atoms with van der Waals surface area (Å²) in [7, 11) is 1.31. The van der Waals surface area contributed by atoms with Crippen molar-refractivity contribution in [1.82, 2.24) is 10.9 Å². The summed E-state index contributed by atoms with van der Waals surface area (Å²) in [6.45, 7) is 1.81. The number of amidine groups is 1. The van der Waals surface area contributed by atoms with Crippen molar-refractivity contribution in [2.24, 2.45) is 16.7 Å². The molecule has 0 aromatic heterocycles. The number of amides is 1. The summed E-state index contributed by atoms with van der Waals surface area (Å²) in [5.41, 5.74) is 7.24. The Morgan fingerprint density at radius 3 is 2.72 bits per heavy atom. The van der Waals surface area contributed by atoms with Crippen LogP contribution in [0.5, 0.6) is 0 Å². The number of hydrazone groups is 1. The number of carbonyl (C=O) groups is 2. The van der Waals surface area contributed by atoms with Crippen molar-refractivity contribution in [2.75, 3.05) is 7.11 Å². The summed E-state index contributed by atoms with van der Waals surface area (Å²) >= 11 is 0. The lowest BCUT2D eigenvalue weighted by Gasteiger charge is -2.11. The van der Waals surface area contributed by atoms with Gasteiger partial charge < -0.3 is 15.8 Å². The second-order valence-corrected chi connectivity index (χ2v) is 3.50. The van der Waals surface area contributed by atoms with Crippen molar-refractivity contribution >= 4 is 17.7 Å². The first kappa shape index (κ1) is 15.9. The number of esters is 1. The Labute approximate surface area is 105 Å². The molecule has 0 fully saturated rings. The van der Waals surface area contributed by atoms with Crippen molar-refractivity contribution in [3.63, 3.8) is 0 Å². The van der Waals surface area contributed by atoms with Crippen LogP contribution >= 0.6 is 0 Å². The molecule has 0 heterocycles. The summed E-state index contributed by atoms with van der Waals surface area (Å²) < 4.78 is 4.43. The van der Waals surface area contributed by atoms with Gasteiger partial charge in [0, 0.05) is 12.1 Å². The highest BCUT2D eigenvalue weighted by atomic mass is 16.5. The molecule has 102 valence electrons. The molecule has 0 aromatic rings. The van der Waals surface area contributed by atoms with E-state index in [-0.39, 0.29) is 11.9 Å². The van der Waals surface area contributed by atoms with Crippen LogP contribution in [0.3, 0.4) is 0 Å². The molecule has 0 aliphatic carbocycles. The van der Waals surface area contributed by atoms with Gasteiger partial charge in [0.2, 0.25) is 5.84 Å². The van der Waals surface area contributed by atoms with Crippen LogP contribution in [0.4, 0.5) is 0 Å². The molecule has 0 saturated heterocycles. The SMILES string of the molecule is COC(=O)/C=C/CC[C@@H](C)NC(=O)/C(N)=N/NN. The van der Waals surface area contributed by atoms with Crippen LogP contribution in [0, 0.1) is 0 Å². The third-order valence-corrected chi connectivity index (χ3v) is 2.02. The quantitative estimate of drug-likeness (QED) is 0.117. The fourth-order valence-electron chi connectivity index (χ4n) is 1.08. The lowest BCUT2D eigenvalue weighted by molar-refractivity contribution is -0.134. The van der Waals surface area contributed by atoms with E-state index in [2.05, 4.69) is 15.2 Å². The predicted octanol–water partition coefficient (Wildman–Crippen LogP) is -1.26. The van der Waals surface area contributed by atoms with Gasteiger partial charge in [-0.3, -0.25) is 4.79 Å². The average Bonchev–Trinajstić information content (AvgIpc) is 2.34. The molecule has 8 heteroatoms. The lowest BCUT2D eigenvalue weighted by atomic mass is 10.1. The normalized spacial score (nSPS) is 13.2. The van der Waals surface area contributed by atoms with E-state index < -0.39 is 11.9 Å². The molecule has 6 N–H and O–H groups in total. The second kappa shape index (κ2) is 8.99. The zero-order valence-corrected chi connectivity index (χ0v) is 10.5. The van der Waals surface area contributed by atoms with Gasteiger partial charge in [-0.1, -0.05) is 6.08 Å². The van der Waals surface area contributed by atoms with Crippen LogP contribution in [-0.4, -0.2) is 30.9 Å². The minimum atomic E-state index is -0.502. The molecule has 0 bridgehead atoms. The van der Waals surface area contributed by atoms with Crippen LogP contribution in [0.2, 0.25) is 0 Å². The second-order valence-electron chi connectivity index (χ2n) is 3.50. The maximum atomic E-state index is 11.4. The number of methoxy groups -OCH3 is 1. The number of carbonyl (C=O) groups excluding carboxylic acids is 2. The molecule has 0 radical (unpaired) electrons. The molecule has 0 aliphatic rings. The molecule has 18 heavy (non-hydrogen) atoms. The van der Waals surface area contributed by atoms with Gasteiger partial charge in [0.25, 0.3) is 5.91 Å². The first-order valence-electron chi connectivity index (χ1n) is 5.35. The molecule has 0 unspecified atom stereocenters. The fourth-order valence-corrected chi connectivity index (χ4v) is 1.08. The van der Waals surface area contributed by atoms with E-state index in [9.17, 15) is 9.59 Å². The largest absolute Gasteiger partial charge is 0.466 e. The van der Waals surface area contributed by atoms with Gasteiger partial charge in [-0.2, -0.15) is 0 Å². The Hall–Kier alpha value is -2.09. The number of rotatable bonds is 6. The van der Waals surface area contributed by atoms with E-state index in [1.54, 1.807) is 6.08 Å². The van der Waals surface area contributed by atoms with Gasteiger partial charge in [-0.25, -0.2) is 16.2 Å². The number of allylic oxidation sites excluding steroid dienone is 1. The van der Waals surface area contributed by atoms with Crippen molar-refractivity contribution in [3.8, 4) is 0 Å². The minimum absolute atomic E-state index is 0.105. The number of hydrogen-bond donors (Lipinski definition) is 4. The molecule has 0 spiro atoms. The number of hydrazine groups is 1. The summed E-state index contributed by atoms with van der Waals surface area (Å²) in [5, 5.41) is 5.97. The number of ether oxygens (including phenoxy) is 1. The minimum Gasteiger partial charge on any atom is -0.466 e. The van der Waals surface area contributed by atoms with Gasteiger partial charge in [0.05, 0.1) is 7.11 Å². The summed E-state index contributed by atoms with van der Waals surface area (Å²) in [6.07, 6.45) is 4.29. The van der Waals surface area contributed by atoms with Crippen LogP contribution < -0.4 is 22.4 Å². The standard InChI is InChI=1S/C10H19N5O3/c1-7(5-3-4-6-8(16)18-2)13-10(17)9(11)14-15-12/h4,6-7,15H,3,5,12H2,1-2H3,(H2,11,14)(H,13,17)/b6-4+/t7-/m1/s1. The van der Waals surface area contributed by atoms with Crippen LogP contribution in [-0.2, 0) is 14.3 Å². The highest BCUT2D eigenvalue weighted by Gasteiger charge is 2.10.